The summed E-state index contributed by atoms with van der Waals surface area (Å²) in [6.07, 6.45) is 4.95. The van der Waals surface area contributed by atoms with Crippen LogP contribution in [0, 0.1) is 0 Å². The first-order valence-corrected chi connectivity index (χ1v) is 6.16. The van der Waals surface area contributed by atoms with Crippen molar-refractivity contribution in [2.45, 2.75) is 10.9 Å². The maximum Gasteiger partial charge on any atom is 0.283 e. The Labute approximate surface area is 106 Å². The number of hydrogen-bond donors (Lipinski definition) is 0. The van der Waals surface area contributed by atoms with E-state index < -0.39 is 0 Å². The molecule has 0 amide bonds. The highest BCUT2D eigenvalue weighted by molar-refractivity contribution is 7.98. The summed E-state index contributed by atoms with van der Waals surface area (Å²) in [4.78, 5) is 8.19. The normalized spacial score (nSPS) is 10.7. The van der Waals surface area contributed by atoms with Crippen LogP contribution in [0.3, 0.4) is 0 Å². The Balaban J connectivity index is 1.68. The lowest BCUT2D eigenvalue weighted by molar-refractivity contribution is 0.494. The first kappa shape index (κ1) is 11.0. The van der Waals surface area contributed by atoms with Crippen LogP contribution in [0.25, 0.3) is 11.7 Å². The number of nitrogens with zero attached hydrogens (tertiary/aromatic N) is 4. The highest BCUT2D eigenvalue weighted by Gasteiger charge is 2.11. The van der Waals surface area contributed by atoms with Gasteiger partial charge in [0, 0.05) is 12.4 Å². The van der Waals surface area contributed by atoms with Gasteiger partial charge in [-0.15, -0.1) is 10.2 Å². The lowest BCUT2D eigenvalue weighted by Gasteiger charge is -1.94. The average Bonchev–Trinajstić information content (AvgIpc) is 3.08. The van der Waals surface area contributed by atoms with Crippen LogP contribution in [0.2, 0.25) is 0 Å². The molecule has 0 N–H and O–H groups in total. The molecule has 3 aromatic heterocycles. The first-order chi connectivity index (χ1) is 8.92. The molecular formula is C11H8N4O2S. The highest BCUT2D eigenvalue weighted by Crippen LogP contribution is 2.22. The van der Waals surface area contributed by atoms with Crippen molar-refractivity contribution in [2.24, 2.45) is 0 Å². The van der Waals surface area contributed by atoms with Crippen LogP contribution in [-0.4, -0.2) is 20.2 Å². The topological polar surface area (TPSA) is 77.8 Å². The maximum absolute atomic E-state index is 5.46. The first-order valence-electron chi connectivity index (χ1n) is 5.18. The Morgan fingerprint density at radius 2 is 2.00 bits per heavy atom. The molecule has 0 fully saturated rings. The minimum absolute atomic E-state index is 0.379. The van der Waals surface area contributed by atoms with Crippen molar-refractivity contribution in [2.75, 3.05) is 0 Å². The van der Waals surface area contributed by atoms with Crippen LogP contribution in [0.1, 0.15) is 5.89 Å². The van der Waals surface area contributed by atoms with Crippen molar-refractivity contribution in [1.29, 1.82) is 0 Å². The molecule has 18 heavy (non-hydrogen) atoms. The molecule has 0 aliphatic heterocycles. The van der Waals surface area contributed by atoms with E-state index in [0.717, 1.165) is 0 Å². The Morgan fingerprint density at radius 1 is 1.11 bits per heavy atom. The van der Waals surface area contributed by atoms with Crippen molar-refractivity contribution >= 4 is 11.8 Å². The van der Waals surface area contributed by atoms with Gasteiger partial charge in [-0.05, 0) is 18.2 Å². The number of rotatable bonds is 4. The second-order valence-electron chi connectivity index (χ2n) is 3.30. The predicted molar refractivity (Wildman–Crippen MR) is 63.6 cm³/mol. The predicted octanol–water partition coefficient (Wildman–Crippen LogP) is 2.41. The van der Waals surface area contributed by atoms with E-state index in [1.54, 1.807) is 36.9 Å². The molecule has 0 aliphatic rings. The molecule has 90 valence electrons. The van der Waals surface area contributed by atoms with Crippen molar-refractivity contribution in [1.82, 2.24) is 20.2 Å². The van der Waals surface area contributed by atoms with Gasteiger partial charge < -0.3 is 8.83 Å². The van der Waals surface area contributed by atoms with E-state index in [4.69, 9.17) is 8.83 Å². The fourth-order valence-corrected chi connectivity index (χ4v) is 1.94. The molecule has 0 aliphatic carbocycles. The zero-order chi connectivity index (χ0) is 12.2. The van der Waals surface area contributed by atoms with Gasteiger partial charge in [0.25, 0.3) is 5.89 Å². The molecule has 6 nitrogen and oxygen atoms in total. The summed E-state index contributed by atoms with van der Waals surface area (Å²) in [5.41, 5.74) is 0. The monoisotopic (exact) mass is 260 g/mol. The van der Waals surface area contributed by atoms with E-state index in [1.807, 2.05) is 0 Å². The van der Waals surface area contributed by atoms with Crippen LogP contribution < -0.4 is 0 Å². The van der Waals surface area contributed by atoms with Gasteiger partial charge in [-0.25, -0.2) is 9.97 Å². The fraction of sp³-hybridized carbons (Fsp3) is 0.0909. The Kier molecular flexibility index (Phi) is 3.05. The molecule has 0 atom stereocenters. The van der Waals surface area contributed by atoms with Gasteiger partial charge in [-0.2, -0.15) is 0 Å². The number of thioether (sulfide) groups is 1. The van der Waals surface area contributed by atoms with Crippen molar-refractivity contribution in [3.8, 4) is 11.7 Å². The van der Waals surface area contributed by atoms with Crippen molar-refractivity contribution in [3.63, 3.8) is 0 Å². The van der Waals surface area contributed by atoms with Gasteiger partial charge in [-0.3, -0.25) is 0 Å². The van der Waals surface area contributed by atoms with Gasteiger partial charge in [0.1, 0.15) is 0 Å². The molecule has 3 rings (SSSR count). The zero-order valence-electron chi connectivity index (χ0n) is 9.18. The number of furan rings is 1. The van der Waals surface area contributed by atoms with Crippen LogP contribution in [0.15, 0.2) is 50.8 Å². The molecule has 3 aromatic rings. The fourth-order valence-electron chi connectivity index (χ4n) is 1.30. The molecule has 0 bridgehead atoms. The van der Waals surface area contributed by atoms with Gasteiger partial charge >= 0.3 is 0 Å². The van der Waals surface area contributed by atoms with E-state index in [-0.39, 0.29) is 0 Å². The smallest absolute Gasteiger partial charge is 0.283 e. The lowest BCUT2D eigenvalue weighted by atomic mass is 10.5. The second-order valence-corrected chi connectivity index (χ2v) is 4.24. The summed E-state index contributed by atoms with van der Waals surface area (Å²) in [5.74, 6) is 1.98. The molecular weight excluding hydrogens is 252 g/mol. The summed E-state index contributed by atoms with van der Waals surface area (Å²) in [5, 5.41) is 8.52. The summed E-state index contributed by atoms with van der Waals surface area (Å²) >= 11 is 1.44. The van der Waals surface area contributed by atoms with Gasteiger partial charge in [0.2, 0.25) is 5.89 Å². The summed E-state index contributed by atoms with van der Waals surface area (Å²) in [6.45, 7) is 0. The third kappa shape index (κ3) is 2.40. The van der Waals surface area contributed by atoms with Crippen molar-refractivity contribution in [3.05, 3.63) is 42.7 Å². The Hall–Kier alpha value is -2.15. The lowest BCUT2D eigenvalue weighted by Crippen LogP contribution is -1.85. The molecule has 7 heteroatoms. The molecule has 0 spiro atoms. The van der Waals surface area contributed by atoms with Crippen molar-refractivity contribution < 1.29 is 8.83 Å². The molecule has 0 saturated heterocycles. The summed E-state index contributed by atoms with van der Waals surface area (Å²) in [6, 6.07) is 5.31. The van der Waals surface area contributed by atoms with Crippen LogP contribution >= 0.6 is 11.8 Å². The summed E-state index contributed by atoms with van der Waals surface area (Å²) < 4.78 is 10.6. The minimum atomic E-state index is 0.379. The van der Waals surface area contributed by atoms with Crippen LogP contribution in [-0.2, 0) is 5.75 Å². The zero-order valence-corrected chi connectivity index (χ0v) is 10.0. The third-order valence-corrected chi connectivity index (χ3v) is 2.93. The van der Waals surface area contributed by atoms with E-state index in [9.17, 15) is 0 Å². The third-order valence-electron chi connectivity index (χ3n) is 2.07. The standard InChI is InChI=1S/C11H8N4O2S/c1-3-8(16-6-1)10-15-14-9(17-10)7-18-11-12-4-2-5-13-11/h1-6H,7H2. The molecule has 3 heterocycles. The molecule has 0 aromatic carbocycles. The van der Waals surface area contributed by atoms with Crippen LogP contribution in [0.5, 0.6) is 0 Å². The van der Waals surface area contributed by atoms with E-state index in [0.29, 0.717) is 28.5 Å². The van der Waals surface area contributed by atoms with Gasteiger partial charge in [-0.1, -0.05) is 11.8 Å². The van der Waals surface area contributed by atoms with E-state index in [1.165, 1.54) is 11.8 Å². The molecule has 0 saturated carbocycles. The summed E-state index contributed by atoms with van der Waals surface area (Å²) in [7, 11) is 0. The van der Waals surface area contributed by atoms with Gasteiger partial charge in [0.15, 0.2) is 10.9 Å². The van der Waals surface area contributed by atoms with Gasteiger partial charge in [0.05, 0.1) is 12.0 Å². The van der Waals surface area contributed by atoms with Crippen LogP contribution in [0.4, 0.5) is 0 Å². The quantitative estimate of drug-likeness (QED) is 0.526. The maximum atomic E-state index is 5.46. The number of hydrogen-bond acceptors (Lipinski definition) is 7. The second kappa shape index (κ2) is 5.01. The molecule has 0 unspecified atom stereocenters. The SMILES string of the molecule is c1cnc(SCc2nnc(-c3ccco3)o2)nc1. The average molecular weight is 260 g/mol. The van der Waals surface area contributed by atoms with E-state index >= 15 is 0 Å². The number of aromatic nitrogens is 4. The highest BCUT2D eigenvalue weighted by atomic mass is 32.2. The molecule has 0 radical (unpaired) electrons. The Bertz CT molecular complexity index is 609. The Morgan fingerprint density at radius 3 is 2.78 bits per heavy atom. The minimum Gasteiger partial charge on any atom is -0.459 e. The van der Waals surface area contributed by atoms with E-state index in [2.05, 4.69) is 20.2 Å². The largest absolute Gasteiger partial charge is 0.459 e.